The second-order valence-electron chi connectivity index (χ2n) is 3.99. The number of fused-ring (bicyclic) bond motifs is 1. The van der Waals surface area contributed by atoms with E-state index >= 15 is 0 Å². The van der Waals surface area contributed by atoms with Crippen molar-refractivity contribution in [3.63, 3.8) is 0 Å². The summed E-state index contributed by atoms with van der Waals surface area (Å²) in [6.45, 7) is 4.03. The van der Waals surface area contributed by atoms with Crippen molar-refractivity contribution in [3.8, 4) is 0 Å². The van der Waals surface area contributed by atoms with Gasteiger partial charge in [0.15, 0.2) is 6.29 Å². The van der Waals surface area contributed by atoms with Gasteiger partial charge in [-0.1, -0.05) is 6.92 Å². The third kappa shape index (κ3) is 1.60. The third-order valence-electron chi connectivity index (χ3n) is 2.67. The highest BCUT2D eigenvalue weighted by Gasteiger charge is 2.12. The molecule has 2 heterocycles. The van der Waals surface area contributed by atoms with Gasteiger partial charge in [-0.25, -0.2) is 9.97 Å². The molecule has 0 aliphatic heterocycles. The number of aromatic nitrogens is 3. The smallest absolute Gasteiger partial charge is 0.152 e. The van der Waals surface area contributed by atoms with E-state index in [4.69, 9.17) is 0 Å². The minimum atomic E-state index is 0.665. The molecule has 4 nitrogen and oxygen atoms in total. The molecule has 0 aromatic carbocycles. The van der Waals surface area contributed by atoms with Crippen LogP contribution < -0.4 is 0 Å². The molecule has 0 N–H and O–H groups in total. The standard InChI is InChI=1S/C12H15N3O/c1-4-5-10-13-8(2)11-9(7-16)6-15(3)12(11)14-10/h6-7H,4-5H2,1-3H3. The van der Waals surface area contributed by atoms with Crippen LogP contribution in [0.15, 0.2) is 6.20 Å². The second-order valence-corrected chi connectivity index (χ2v) is 3.99. The summed E-state index contributed by atoms with van der Waals surface area (Å²) in [7, 11) is 1.90. The average molecular weight is 217 g/mol. The molecule has 0 atom stereocenters. The van der Waals surface area contributed by atoms with E-state index in [1.807, 2.05) is 18.5 Å². The zero-order valence-corrected chi connectivity index (χ0v) is 9.82. The van der Waals surface area contributed by atoms with Crippen LogP contribution in [-0.2, 0) is 13.5 Å². The summed E-state index contributed by atoms with van der Waals surface area (Å²) in [4.78, 5) is 19.8. The Kier molecular flexibility index (Phi) is 2.73. The molecule has 4 heteroatoms. The number of hydrogen-bond donors (Lipinski definition) is 0. The van der Waals surface area contributed by atoms with Gasteiger partial charge in [-0.3, -0.25) is 4.79 Å². The maximum absolute atomic E-state index is 10.9. The number of aryl methyl sites for hydroxylation is 3. The molecule has 0 aliphatic rings. The van der Waals surface area contributed by atoms with Crippen LogP contribution in [0.2, 0.25) is 0 Å². The van der Waals surface area contributed by atoms with E-state index in [0.717, 1.165) is 41.7 Å². The molecule has 0 bridgehead atoms. The van der Waals surface area contributed by atoms with Crippen molar-refractivity contribution in [2.45, 2.75) is 26.7 Å². The highest BCUT2D eigenvalue weighted by Crippen LogP contribution is 2.20. The number of carbonyl (C=O) groups excluding carboxylic acids is 1. The van der Waals surface area contributed by atoms with E-state index in [1.165, 1.54) is 0 Å². The lowest BCUT2D eigenvalue weighted by Gasteiger charge is -2.02. The Bertz CT molecular complexity index is 543. The lowest BCUT2D eigenvalue weighted by atomic mass is 10.2. The van der Waals surface area contributed by atoms with Gasteiger partial charge in [-0.05, 0) is 13.3 Å². The van der Waals surface area contributed by atoms with Gasteiger partial charge in [0.1, 0.15) is 11.5 Å². The molecule has 0 saturated heterocycles. The maximum atomic E-state index is 10.9. The van der Waals surface area contributed by atoms with Gasteiger partial charge in [0.2, 0.25) is 0 Å². The van der Waals surface area contributed by atoms with Crippen molar-refractivity contribution in [2.24, 2.45) is 7.05 Å². The summed E-state index contributed by atoms with van der Waals surface area (Å²) in [5.41, 5.74) is 2.40. The predicted octanol–water partition coefficient (Wildman–Crippen LogP) is 2.04. The Morgan fingerprint density at radius 1 is 1.44 bits per heavy atom. The van der Waals surface area contributed by atoms with Gasteiger partial charge < -0.3 is 4.57 Å². The molecule has 84 valence electrons. The summed E-state index contributed by atoms with van der Waals surface area (Å²) in [6, 6.07) is 0. The van der Waals surface area contributed by atoms with Crippen molar-refractivity contribution in [2.75, 3.05) is 0 Å². The number of carbonyl (C=O) groups is 1. The molecule has 0 aliphatic carbocycles. The normalized spacial score (nSPS) is 10.9. The molecule has 2 aromatic heterocycles. The molecule has 2 rings (SSSR count). The second kappa shape index (κ2) is 4.04. The van der Waals surface area contributed by atoms with Crippen LogP contribution in [0.5, 0.6) is 0 Å². The Morgan fingerprint density at radius 3 is 2.81 bits per heavy atom. The molecule has 0 amide bonds. The van der Waals surface area contributed by atoms with E-state index in [1.54, 1.807) is 6.20 Å². The summed E-state index contributed by atoms with van der Waals surface area (Å²) in [5.74, 6) is 0.853. The van der Waals surface area contributed by atoms with E-state index in [9.17, 15) is 4.79 Å². The first-order valence-corrected chi connectivity index (χ1v) is 5.45. The van der Waals surface area contributed by atoms with Crippen LogP contribution in [0.25, 0.3) is 11.0 Å². The first kappa shape index (κ1) is 10.8. The minimum Gasteiger partial charge on any atom is -0.335 e. The zero-order chi connectivity index (χ0) is 11.7. The van der Waals surface area contributed by atoms with Gasteiger partial charge in [0.05, 0.1) is 11.1 Å². The van der Waals surface area contributed by atoms with Gasteiger partial charge in [-0.15, -0.1) is 0 Å². The Balaban J connectivity index is 2.72. The molecule has 0 fully saturated rings. The first-order chi connectivity index (χ1) is 7.67. The molecular formula is C12H15N3O. The number of hydrogen-bond acceptors (Lipinski definition) is 3. The summed E-state index contributed by atoms with van der Waals surface area (Å²) >= 11 is 0. The highest BCUT2D eigenvalue weighted by molar-refractivity contribution is 5.97. The summed E-state index contributed by atoms with van der Waals surface area (Å²) in [5, 5.41) is 0.873. The fourth-order valence-electron chi connectivity index (χ4n) is 1.97. The fraction of sp³-hybridized carbons (Fsp3) is 0.417. The minimum absolute atomic E-state index is 0.665. The van der Waals surface area contributed by atoms with Crippen molar-refractivity contribution < 1.29 is 4.79 Å². The van der Waals surface area contributed by atoms with Crippen molar-refractivity contribution in [3.05, 3.63) is 23.3 Å². The largest absolute Gasteiger partial charge is 0.335 e. The maximum Gasteiger partial charge on any atom is 0.152 e. The van der Waals surface area contributed by atoms with Crippen LogP contribution in [-0.4, -0.2) is 20.8 Å². The van der Waals surface area contributed by atoms with Crippen LogP contribution >= 0.6 is 0 Å². The topological polar surface area (TPSA) is 47.8 Å². The highest BCUT2D eigenvalue weighted by atomic mass is 16.1. The van der Waals surface area contributed by atoms with Gasteiger partial charge in [-0.2, -0.15) is 0 Å². The number of aldehydes is 1. The zero-order valence-electron chi connectivity index (χ0n) is 9.82. The lowest BCUT2D eigenvalue weighted by molar-refractivity contribution is 0.112. The van der Waals surface area contributed by atoms with Crippen molar-refractivity contribution in [1.29, 1.82) is 0 Å². The summed E-state index contributed by atoms with van der Waals surface area (Å²) < 4.78 is 1.88. The van der Waals surface area contributed by atoms with Crippen molar-refractivity contribution in [1.82, 2.24) is 14.5 Å². The Morgan fingerprint density at radius 2 is 2.19 bits per heavy atom. The SMILES string of the molecule is CCCc1nc(C)c2c(C=O)cn(C)c2n1. The molecule has 0 unspecified atom stereocenters. The fourth-order valence-corrected chi connectivity index (χ4v) is 1.97. The number of rotatable bonds is 3. The molecule has 0 saturated carbocycles. The van der Waals surface area contributed by atoms with Gasteiger partial charge >= 0.3 is 0 Å². The van der Waals surface area contributed by atoms with E-state index < -0.39 is 0 Å². The third-order valence-corrected chi connectivity index (χ3v) is 2.67. The molecule has 0 radical (unpaired) electrons. The average Bonchev–Trinajstić information content (AvgIpc) is 2.57. The quantitative estimate of drug-likeness (QED) is 0.739. The molecule has 0 spiro atoms. The Hall–Kier alpha value is -1.71. The Labute approximate surface area is 94.3 Å². The van der Waals surface area contributed by atoms with Crippen molar-refractivity contribution >= 4 is 17.3 Å². The van der Waals surface area contributed by atoms with E-state index in [-0.39, 0.29) is 0 Å². The van der Waals surface area contributed by atoms with Crippen LogP contribution in [0.1, 0.15) is 35.2 Å². The van der Waals surface area contributed by atoms with E-state index in [0.29, 0.717) is 5.56 Å². The molecular weight excluding hydrogens is 202 g/mol. The van der Waals surface area contributed by atoms with Crippen LogP contribution in [0, 0.1) is 6.92 Å². The lowest BCUT2D eigenvalue weighted by Crippen LogP contribution is -2.00. The number of nitrogens with zero attached hydrogens (tertiary/aromatic N) is 3. The first-order valence-electron chi connectivity index (χ1n) is 5.45. The molecule has 2 aromatic rings. The molecule has 16 heavy (non-hydrogen) atoms. The summed E-state index contributed by atoms with van der Waals surface area (Å²) in [6.07, 6.45) is 4.56. The van der Waals surface area contributed by atoms with Crippen LogP contribution in [0.3, 0.4) is 0 Å². The van der Waals surface area contributed by atoms with Crippen LogP contribution in [0.4, 0.5) is 0 Å². The monoisotopic (exact) mass is 217 g/mol. The van der Waals surface area contributed by atoms with E-state index in [2.05, 4.69) is 16.9 Å². The predicted molar refractivity (Wildman–Crippen MR) is 62.6 cm³/mol. The van der Waals surface area contributed by atoms with Gasteiger partial charge in [0, 0.05) is 25.2 Å². The van der Waals surface area contributed by atoms with Gasteiger partial charge in [0.25, 0.3) is 0 Å².